The Morgan fingerprint density at radius 3 is 2.33 bits per heavy atom. The molecule has 2 aromatic heterocycles. The molecular weight excluding hydrogens is 399 g/mol. The van der Waals surface area contributed by atoms with Crippen molar-refractivity contribution in [3.8, 4) is 17.2 Å². The molecule has 0 saturated heterocycles. The maximum Gasteiger partial charge on any atom is 0.453 e. The molecule has 7 nitrogen and oxygen atoms in total. The number of aromatic nitrogens is 4. The summed E-state index contributed by atoms with van der Waals surface area (Å²) in [5.74, 6) is -4.70. The predicted octanol–water partition coefficient (Wildman–Crippen LogP) is 2.87. The van der Waals surface area contributed by atoms with Gasteiger partial charge in [-0.15, -0.1) is 5.10 Å². The first-order valence-corrected chi connectivity index (χ1v) is 8.34. The van der Waals surface area contributed by atoms with Crippen LogP contribution in [-0.2, 0) is 16.3 Å². The van der Waals surface area contributed by atoms with Crippen molar-refractivity contribution in [2.24, 2.45) is 0 Å². The first kappa shape index (κ1) is 18.8. The molecule has 0 fully saturated rings. The number of hydrogen-bond donors (Lipinski definition) is 1. The van der Waals surface area contributed by atoms with Crippen molar-refractivity contribution in [1.29, 1.82) is 0 Å². The molecule has 0 saturated carbocycles. The number of nitrogens with zero attached hydrogens (tertiary/aromatic N) is 4. The molecular formula is C14H7F5N4O3S. The third kappa shape index (κ3) is 3.78. The average Bonchev–Trinajstić information content (AvgIpc) is 3.02. The van der Waals surface area contributed by atoms with Crippen molar-refractivity contribution in [2.45, 2.75) is 11.1 Å². The molecule has 0 bridgehead atoms. The monoisotopic (exact) mass is 406 g/mol. The van der Waals surface area contributed by atoms with E-state index in [-0.39, 0.29) is 5.82 Å². The van der Waals surface area contributed by atoms with Crippen LogP contribution >= 0.6 is 0 Å². The maximum atomic E-state index is 14.0. The maximum absolute atomic E-state index is 14.0. The Balaban J connectivity index is 2.23. The summed E-state index contributed by atoms with van der Waals surface area (Å²) in [5, 5.41) is 3.21. The molecule has 0 spiro atoms. The van der Waals surface area contributed by atoms with E-state index in [2.05, 4.69) is 15.1 Å². The molecule has 27 heavy (non-hydrogen) atoms. The fourth-order valence-corrected chi connectivity index (χ4v) is 2.51. The number of alkyl halides is 3. The summed E-state index contributed by atoms with van der Waals surface area (Å²) in [6, 6.07) is 3.86. The topological polar surface area (TPSA) is 98.0 Å². The highest BCUT2D eigenvalue weighted by Gasteiger charge is 2.38. The van der Waals surface area contributed by atoms with Crippen molar-refractivity contribution in [2.75, 3.05) is 0 Å². The van der Waals surface area contributed by atoms with Crippen LogP contribution in [0, 0.1) is 11.6 Å². The molecule has 0 atom stereocenters. The van der Waals surface area contributed by atoms with Gasteiger partial charge in [-0.1, -0.05) is 0 Å². The van der Waals surface area contributed by atoms with Gasteiger partial charge in [0.25, 0.3) is 15.9 Å². The number of halogens is 5. The minimum Gasteiger partial charge on any atom is -0.282 e. The van der Waals surface area contributed by atoms with E-state index in [4.69, 9.17) is 4.55 Å². The lowest BCUT2D eigenvalue weighted by Crippen LogP contribution is -2.09. The largest absolute Gasteiger partial charge is 0.453 e. The van der Waals surface area contributed by atoms with Crippen molar-refractivity contribution in [1.82, 2.24) is 19.7 Å². The molecule has 1 aromatic carbocycles. The van der Waals surface area contributed by atoms with E-state index in [0.29, 0.717) is 23.0 Å². The number of hydrogen-bond acceptors (Lipinski definition) is 5. The smallest absolute Gasteiger partial charge is 0.282 e. The first-order chi connectivity index (χ1) is 12.5. The van der Waals surface area contributed by atoms with Crippen molar-refractivity contribution in [3.63, 3.8) is 0 Å². The molecule has 0 radical (unpaired) electrons. The summed E-state index contributed by atoms with van der Waals surface area (Å²) in [5.41, 5.74) is -0.612. The van der Waals surface area contributed by atoms with Gasteiger partial charge in [0, 0.05) is 0 Å². The van der Waals surface area contributed by atoms with E-state index < -0.39 is 50.0 Å². The van der Waals surface area contributed by atoms with Crippen molar-refractivity contribution < 1.29 is 34.9 Å². The highest BCUT2D eigenvalue weighted by atomic mass is 32.2. The van der Waals surface area contributed by atoms with Crippen molar-refractivity contribution in [3.05, 3.63) is 54.0 Å². The van der Waals surface area contributed by atoms with E-state index in [0.717, 1.165) is 18.2 Å². The van der Waals surface area contributed by atoms with E-state index >= 15 is 0 Å². The summed E-state index contributed by atoms with van der Waals surface area (Å²) < 4.78 is 97.8. The van der Waals surface area contributed by atoms with Crippen LogP contribution in [0.5, 0.6) is 0 Å². The quantitative estimate of drug-likeness (QED) is 0.531. The Morgan fingerprint density at radius 2 is 1.78 bits per heavy atom. The highest BCUT2D eigenvalue weighted by Crippen LogP contribution is 2.31. The third-order valence-electron chi connectivity index (χ3n) is 3.27. The van der Waals surface area contributed by atoms with Crippen LogP contribution in [0.4, 0.5) is 22.0 Å². The van der Waals surface area contributed by atoms with Crippen LogP contribution in [0.25, 0.3) is 17.2 Å². The molecule has 13 heteroatoms. The zero-order valence-corrected chi connectivity index (χ0v) is 13.6. The average molecular weight is 406 g/mol. The zero-order chi connectivity index (χ0) is 20.0. The van der Waals surface area contributed by atoms with Gasteiger partial charge < -0.3 is 0 Å². The number of pyridine rings is 1. The first-order valence-electron chi connectivity index (χ1n) is 6.90. The standard InChI is InChI=1S/C14H7F5N4O3S/c15-7-1-3-10(16)9(5-7)12-21-13(14(17,18)19)22-23(12)11-4-2-8(6-20-11)27(24,25)26/h1-6H,(H,24,25,26). The highest BCUT2D eigenvalue weighted by molar-refractivity contribution is 7.85. The lowest BCUT2D eigenvalue weighted by atomic mass is 10.2. The number of benzene rings is 1. The van der Waals surface area contributed by atoms with Crippen LogP contribution < -0.4 is 0 Å². The second-order valence-electron chi connectivity index (χ2n) is 5.12. The van der Waals surface area contributed by atoms with Crippen LogP contribution in [0.15, 0.2) is 41.4 Å². The Labute approximate surface area is 147 Å². The van der Waals surface area contributed by atoms with Gasteiger partial charge >= 0.3 is 6.18 Å². The molecule has 0 aliphatic heterocycles. The second-order valence-corrected chi connectivity index (χ2v) is 6.54. The number of rotatable bonds is 3. The van der Waals surface area contributed by atoms with E-state index in [1.165, 1.54) is 0 Å². The molecule has 0 unspecified atom stereocenters. The summed E-state index contributed by atoms with van der Waals surface area (Å²) in [4.78, 5) is 6.18. The van der Waals surface area contributed by atoms with Crippen LogP contribution in [0.2, 0.25) is 0 Å². The van der Waals surface area contributed by atoms with Gasteiger partial charge in [-0.05, 0) is 30.3 Å². The molecule has 0 amide bonds. The molecule has 3 rings (SSSR count). The molecule has 1 N–H and O–H groups in total. The van der Waals surface area contributed by atoms with Crippen LogP contribution in [-0.4, -0.2) is 32.7 Å². The van der Waals surface area contributed by atoms with E-state index in [1.54, 1.807) is 0 Å². The Hall–Kier alpha value is -2.93. The fraction of sp³-hybridized carbons (Fsp3) is 0.0714. The zero-order valence-electron chi connectivity index (χ0n) is 12.8. The lowest BCUT2D eigenvalue weighted by molar-refractivity contribution is -0.144. The van der Waals surface area contributed by atoms with Gasteiger partial charge in [0.1, 0.15) is 16.5 Å². The van der Waals surface area contributed by atoms with E-state index in [1.807, 2.05) is 0 Å². The Morgan fingerprint density at radius 1 is 1.07 bits per heavy atom. The van der Waals surface area contributed by atoms with Gasteiger partial charge in [-0.25, -0.2) is 18.7 Å². The van der Waals surface area contributed by atoms with Gasteiger partial charge in [0.05, 0.1) is 11.8 Å². The molecule has 2 heterocycles. The predicted molar refractivity (Wildman–Crippen MR) is 79.3 cm³/mol. The lowest BCUT2D eigenvalue weighted by Gasteiger charge is -2.06. The molecule has 3 aromatic rings. The van der Waals surface area contributed by atoms with Gasteiger partial charge in [-0.3, -0.25) is 4.55 Å². The molecule has 0 aliphatic rings. The van der Waals surface area contributed by atoms with Crippen LogP contribution in [0.3, 0.4) is 0 Å². The van der Waals surface area contributed by atoms with Gasteiger partial charge in [0.15, 0.2) is 11.6 Å². The fourth-order valence-electron chi connectivity index (χ4n) is 2.09. The van der Waals surface area contributed by atoms with Gasteiger partial charge in [0.2, 0.25) is 0 Å². The van der Waals surface area contributed by atoms with E-state index in [9.17, 15) is 30.4 Å². The minimum absolute atomic E-state index is 0.371. The summed E-state index contributed by atoms with van der Waals surface area (Å²) in [6.45, 7) is 0. The molecule has 0 aliphatic carbocycles. The summed E-state index contributed by atoms with van der Waals surface area (Å²) in [7, 11) is -4.59. The van der Waals surface area contributed by atoms with Gasteiger partial charge in [-0.2, -0.15) is 26.3 Å². The SMILES string of the molecule is O=S(=O)(O)c1ccc(-n2nc(C(F)(F)F)nc2-c2cc(F)ccc2F)nc1. The second kappa shape index (κ2) is 6.35. The third-order valence-corrected chi connectivity index (χ3v) is 4.10. The summed E-state index contributed by atoms with van der Waals surface area (Å²) in [6.07, 6.45) is -4.33. The van der Waals surface area contributed by atoms with Crippen LogP contribution in [0.1, 0.15) is 5.82 Å². The molecule has 142 valence electrons. The Bertz CT molecular complexity index is 1110. The van der Waals surface area contributed by atoms with Crippen molar-refractivity contribution >= 4 is 10.1 Å². The summed E-state index contributed by atoms with van der Waals surface area (Å²) >= 11 is 0. The minimum atomic E-state index is -4.99. The normalized spacial score (nSPS) is 12.4. The Kier molecular flexibility index (Phi) is 4.43.